The van der Waals surface area contributed by atoms with Crippen LogP contribution >= 0.6 is 11.6 Å². The summed E-state index contributed by atoms with van der Waals surface area (Å²) in [6.45, 7) is 0. The predicted octanol–water partition coefficient (Wildman–Crippen LogP) is 5.85. The second-order valence-corrected chi connectivity index (χ2v) is 8.66. The van der Waals surface area contributed by atoms with Gasteiger partial charge in [0.15, 0.2) is 0 Å². The molecule has 0 bridgehead atoms. The van der Waals surface area contributed by atoms with Crippen molar-refractivity contribution >= 4 is 34.5 Å². The molecule has 5 aromatic rings. The standard InChI is InChI=1S/C29H20ClNO7/c1-36-27(33)22-21(23-26(32)19-13-6-7-14-20(19)38-28(23)34)24(16-9-4-3-5-10-16)31(25(22)29(35)37-2)18-12-8-11-17(30)15-18/h3-15,32H,1-2H3. The minimum Gasteiger partial charge on any atom is -0.506 e. The van der Waals surface area contributed by atoms with E-state index in [0.29, 0.717) is 16.3 Å². The summed E-state index contributed by atoms with van der Waals surface area (Å²) in [7, 11) is 2.32. The molecular formula is C29H20ClNO7. The first kappa shape index (κ1) is 24.9. The number of benzene rings is 3. The van der Waals surface area contributed by atoms with Crippen LogP contribution in [0.1, 0.15) is 20.8 Å². The molecule has 0 aliphatic heterocycles. The zero-order chi connectivity index (χ0) is 27.0. The van der Waals surface area contributed by atoms with Gasteiger partial charge in [-0.05, 0) is 35.9 Å². The molecule has 0 amide bonds. The number of carbonyl (C=O) groups is 2. The number of nitrogens with zero attached hydrogens (tertiary/aromatic N) is 1. The number of methoxy groups -OCH3 is 2. The Morgan fingerprint density at radius 2 is 1.55 bits per heavy atom. The average molecular weight is 530 g/mol. The van der Waals surface area contributed by atoms with Gasteiger partial charge in [-0.2, -0.15) is 0 Å². The maximum Gasteiger partial charge on any atom is 0.355 e. The number of hydrogen-bond donors (Lipinski definition) is 1. The number of rotatable bonds is 5. The van der Waals surface area contributed by atoms with Gasteiger partial charge < -0.3 is 23.6 Å². The first-order chi connectivity index (χ1) is 18.4. The van der Waals surface area contributed by atoms with Crippen LogP contribution in [-0.4, -0.2) is 35.8 Å². The molecule has 9 heteroatoms. The van der Waals surface area contributed by atoms with Crippen molar-refractivity contribution in [2.75, 3.05) is 14.2 Å². The van der Waals surface area contributed by atoms with E-state index < -0.39 is 23.3 Å². The molecule has 0 saturated heterocycles. The molecule has 0 atom stereocenters. The van der Waals surface area contributed by atoms with E-state index in [2.05, 4.69) is 0 Å². The fourth-order valence-electron chi connectivity index (χ4n) is 4.50. The van der Waals surface area contributed by atoms with Crippen molar-refractivity contribution < 1.29 is 28.6 Å². The number of ether oxygens (including phenoxy) is 2. The van der Waals surface area contributed by atoms with E-state index in [0.717, 1.165) is 7.11 Å². The van der Waals surface area contributed by atoms with Gasteiger partial charge in [-0.25, -0.2) is 14.4 Å². The first-order valence-electron chi connectivity index (χ1n) is 11.4. The lowest BCUT2D eigenvalue weighted by atomic mass is 9.96. The zero-order valence-electron chi connectivity index (χ0n) is 20.2. The second kappa shape index (κ2) is 9.91. The number of aromatic nitrogens is 1. The van der Waals surface area contributed by atoms with Crippen molar-refractivity contribution in [1.82, 2.24) is 4.57 Å². The number of fused-ring (bicyclic) bond motifs is 1. The molecule has 0 radical (unpaired) electrons. The number of halogens is 1. The molecule has 0 aliphatic carbocycles. The van der Waals surface area contributed by atoms with Crippen molar-refractivity contribution in [1.29, 1.82) is 0 Å². The van der Waals surface area contributed by atoms with E-state index in [1.165, 1.54) is 17.7 Å². The van der Waals surface area contributed by atoms with Crippen LogP contribution in [0.15, 0.2) is 88.1 Å². The minimum atomic E-state index is -0.926. The highest BCUT2D eigenvalue weighted by molar-refractivity contribution is 6.30. The molecule has 0 fully saturated rings. The number of para-hydroxylation sites is 1. The third kappa shape index (κ3) is 4.01. The molecule has 8 nitrogen and oxygen atoms in total. The van der Waals surface area contributed by atoms with E-state index in [1.807, 2.05) is 0 Å². The summed E-state index contributed by atoms with van der Waals surface area (Å²) in [5.74, 6) is -2.22. The number of hydrogen-bond acceptors (Lipinski definition) is 7. The summed E-state index contributed by atoms with van der Waals surface area (Å²) in [6, 6.07) is 21.8. The number of carbonyl (C=O) groups excluding carboxylic acids is 2. The predicted molar refractivity (Wildman–Crippen MR) is 142 cm³/mol. The van der Waals surface area contributed by atoms with E-state index >= 15 is 0 Å². The Balaban J connectivity index is 2.08. The maximum absolute atomic E-state index is 13.4. The van der Waals surface area contributed by atoms with Crippen molar-refractivity contribution in [3.8, 4) is 33.8 Å². The van der Waals surface area contributed by atoms with Gasteiger partial charge >= 0.3 is 17.6 Å². The Morgan fingerprint density at radius 1 is 0.868 bits per heavy atom. The van der Waals surface area contributed by atoms with Crippen LogP contribution in [-0.2, 0) is 9.47 Å². The summed E-state index contributed by atoms with van der Waals surface area (Å²) in [4.78, 5) is 40.1. The molecular weight excluding hydrogens is 510 g/mol. The summed E-state index contributed by atoms with van der Waals surface area (Å²) in [5, 5.41) is 12.0. The van der Waals surface area contributed by atoms with Crippen LogP contribution in [0.25, 0.3) is 39.0 Å². The lowest BCUT2D eigenvalue weighted by Crippen LogP contribution is -2.15. The normalized spacial score (nSPS) is 10.9. The molecule has 0 unspecified atom stereocenters. The molecule has 3 aromatic carbocycles. The quantitative estimate of drug-likeness (QED) is 0.225. The molecule has 0 spiro atoms. The number of aromatic hydroxyl groups is 1. The highest BCUT2D eigenvalue weighted by Gasteiger charge is 2.37. The minimum absolute atomic E-state index is 0.0552. The van der Waals surface area contributed by atoms with Gasteiger partial charge in [0.25, 0.3) is 0 Å². The SMILES string of the molecule is COC(=O)c1c(-c2c(O)c3ccccc3oc2=O)c(-c2ccccc2)n(-c2cccc(Cl)c2)c1C(=O)OC. The first-order valence-corrected chi connectivity index (χ1v) is 11.8. The topological polar surface area (TPSA) is 108 Å². The van der Waals surface area contributed by atoms with Gasteiger partial charge in [0.05, 0.1) is 25.3 Å². The summed E-state index contributed by atoms with van der Waals surface area (Å²) in [5.41, 5.74) is -0.461. The van der Waals surface area contributed by atoms with Gasteiger partial charge in [-0.15, -0.1) is 0 Å². The molecule has 0 aliphatic rings. The molecule has 5 rings (SSSR count). The Labute approximate surface area is 221 Å². The summed E-state index contributed by atoms with van der Waals surface area (Å²) < 4.78 is 17.1. The van der Waals surface area contributed by atoms with Gasteiger partial charge in [-0.3, -0.25) is 0 Å². The van der Waals surface area contributed by atoms with E-state index in [9.17, 15) is 19.5 Å². The van der Waals surface area contributed by atoms with Crippen LogP contribution in [0, 0.1) is 0 Å². The van der Waals surface area contributed by atoms with Crippen LogP contribution in [0.2, 0.25) is 5.02 Å². The molecule has 2 heterocycles. The Kier molecular flexibility index (Phi) is 6.48. The third-order valence-electron chi connectivity index (χ3n) is 6.09. The average Bonchev–Trinajstić information content (AvgIpc) is 3.28. The molecule has 0 saturated carbocycles. The van der Waals surface area contributed by atoms with Crippen molar-refractivity contribution in [3.63, 3.8) is 0 Å². The highest BCUT2D eigenvalue weighted by Crippen LogP contribution is 2.45. The Hall–Kier alpha value is -4.82. The summed E-state index contributed by atoms with van der Waals surface area (Å²) in [6.07, 6.45) is 0. The van der Waals surface area contributed by atoms with Crippen LogP contribution < -0.4 is 5.63 Å². The monoisotopic (exact) mass is 529 g/mol. The van der Waals surface area contributed by atoms with Crippen molar-refractivity contribution in [2.45, 2.75) is 0 Å². The Bertz CT molecular complexity index is 1770. The van der Waals surface area contributed by atoms with Crippen LogP contribution in [0.5, 0.6) is 5.75 Å². The zero-order valence-corrected chi connectivity index (χ0v) is 21.0. The third-order valence-corrected chi connectivity index (χ3v) is 6.32. The van der Waals surface area contributed by atoms with E-state index in [-0.39, 0.29) is 39.0 Å². The maximum atomic E-state index is 13.4. The summed E-state index contributed by atoms with van der Waals surface area (Å²) >= 11 is 6.30. The van der Waals surface area contributed by atoms with E-state index in [1.54, 1.807) is 72.8 Å². The lowest BCUT2D eigenvalue weighted by molar-refractivity contribution is 0.0550. The largest absolute Gasteiger partial charge is 0.506 e. The van der Waals surface area contributed by atoms with Crippen LogP contribution in [0.3, 0.4) is 0 Å². The van der Waals surface area contributed by atoms with Gasteiger partial charge in [0.1, 0.15) is 28.2 Å². The van der Waals surface area contributed by atoms with Crippen molar-refractivity contribution in [2.24, 2.45) is 0 Å². The smallest absolute Gasteiger partial charge is 0.355 e. The molecule has 2 aromatic heterocycles. The molecule has 38 heavy (non-hydrogen) atoms. The second-order valence-electron chi connectivity index (χ2n) is 8.22. The van der Waals surface area contributed by atoms with Gasteiger partial charge in [0, 0.05) is 16.3 Å². The highest BCUT2D eigenvalue weighted by atomic mass is 35.5. The van der Waals surface area contributed by atoms with Crippen LogP contribution in [0.4, 0.5) is 0 Å². The van der Waals surface area contributed by atoms with Gasteiger partial charge in [-0.1, -0.05) is 60.1 Å². The van der Waals surface area contributed by atoms with Crippen molar-refractivity contribution in [3.05, 3.63) is 106 Å². The lowest BCUT2D eigenvalue weighted by Gasteiger charge is -2.15. The van der Waals surface area contributed by atoms with Gasteiger partial charge in [0.2, 0.25) is 0 Å². The number of esters is 2. The van der Waals surface area contributed by atoms with E-state index in [4.69, 9.17) is 25.5 Å². The molecule has 190 valence electrons. The fourth-order valence-corrected chi connectivity index (χ4v) is 4.69. The Morgan fingerprint density at radius 3 is 2.24 bits per heavy atom. The molecule has 1 N–H and O–H groups in total. The fraction of sp³-hybridized carbons (Fsp3) is 0.0690.